The normalized spacial score (nSPS) is 13.8. The maximum absolute atomic E-state index is 11.0. The molecule has 0 aliphatic rings. The van der Waals surface area contributed by atoms with Crippen LogP contribution in [0.1, 0.15) is 31.7 Å². The Kier molecular flexibility index (Phi) is 5.79. The van der Waals surface area contributed by atoms with Crippen LogP contribution < -0.4 is 16.2 Å². The number of unbranched alkanes of at least 4 members (excludes halogenated alkanes) is 1. The molecule has 0 aliphatic heterocycles. The van der Waals surface area contributed by atoms with Crippen LogP contribution in [0.2, 0.25) is 0 Å². The molecule has 0 spiro atoms. The van der Waals surface area contributed by atoms with Gasteiger partial charge in [-0.1, -0.05) is 12.1 Å². The van der Waals surface area contributed by atoms with Crippen LogP contribution in [0.25, 0.3) is 0 Å². The van der Waals surface area contributed by atoms with Crippen molar-refractivity contribution in [1.29, 1.82) is 0 Å². The number of carbonyl (C=O) groups excluding carboxylic acids is 1. The molecule has 19 heavy (non-hydrogen) atoms. The zero-order valence-electron chi connectivity index (χ0n) is 11.3. The summed E-state index contributed by atoms with van der Waals surface area (Å²) in [6.07, 6.45) is 2.14. The van der Waals surface area contributed by atoms with Gasteiger partial charge in [0.05, 0.1) is 18.8 Å². The van der Waals surface area contributed by atoms with Crippen LogP contribution in [0.4, 0.5) is 0 Å². The summed E-state index contributed by atoms with van der Waals surface area (Å²) in [6, 6.07) is 7.28. The number of primary amides is 1. The highest BCUT2D eigenvalue weighted by molar-refractivity contribution is 5.83. The Morgan fingerprint density at radius 2 is 1.95 bits per heavy atom. The van der Waals surface area contributed by atoms with E-state index >= 15 is 0 Å². The van der Waals surface area contributed by atoms with Gasteiger partial charge in [0.2, 0.25) is 5.91 Å². The van der Waals surface area contributed by atoms with Crippen molar-refractivity contribution in [3.63, 3.8) is 0 Å². The van der Waals surface area contributed by atoms with Gasteiger partial charge in [0, 0.05) is 0 Å². The fourth-order valence-electron chi connectivity index (χ4n) is 1.60. The minimum atomic E-state index is -0.942. The number of aliphatic hydroxyl groups excluding tert-OH is 1. The monoisotopic (exact) mass is 266 g/mol. The van der Waals surface area contributed by atoms with Crippen LogP contribution in [0, 0.1) is 0 Å². The summed E-state index contributed by atoms with van der Waals surface area (Å²) in [5.41, 5.74) is 10.8. The van der Waals surface area contributed by atoms with Crippen LogP contribution >= 0.6 is 0 Å². The van der Waals surface area contributed by atoms with Gasteiger partial charge in [0.15, 0.2) is 0 Å². The van der Waals surface area contributed by atoms with Crippen molar-refractivity contribution in [3.05, 3.63) is 29.8 Å². The summed E-state index contributed by atoms with van der Waals surface area (Å²) < 4.78 is 5.54. The maximum atomic E-state index is 11.0. The smallest absolute Gasteiger partial charge is 0.237 e. The van der Waals surface area contributed by atoms with E-state index in [-0.39, 0.29) is 6.61 Å². The molecule has 0 saturated heterocycles. The lowest BCUT2D eigenvalue weighted by Crippen LogP contribution is -2.49. The molecule has 0 aliphatic carbocycles. The van der Waals surface area contributed by atoms with Gasteiger partial charge in [-0.2, -0.15) is 0 Å². The van der Waals surface area contributed by atoms with Crippen LogP contribution in [-0.2, 0) is 11.4 Å². The van der Waals surface area contributed by atoms with E-state index in [1.54, 1.807) is 6.92 Å². The lowest BCUT2D eigenvalue weighted by Gasteiger charge is -2.19. The highest BCUT2D eigenvalue weighted by Gasteiger charge is 2.24. The molecule has 0 fully saturated rings. The Morgan fingerprint density at radius 3 is 2.47 bits per heavy atom. The fourth-order valence-corrected chi connectivity index (χ4v) is 1.60. The van der Waals surface area contributed by atoms with E-state index in [2.05, 4.69) is 0 Å². The summed E-state index contributed by atoms with van der Waals surface area (Å²) in [7, 11) is 0. The molecular formula is C14H22N2O3. The Labute approximate surface area is 113 Å². The molecule has 0 aromatic heterocycles. The minimum absolute atomic E-state index is 0.0302. The summed E-state index contributed by atoms with van der Waals surface area (Å²) in [4.78, 5) is 11.0. The van der Waals surface area contributed by atoms with Crippen molar-refractivity contribution in [1.82, 2.24) is 0 Å². The molecule has 0 heterocycles. The molecule has 5 N–H and O–H groups in total. The van der Waals surface area contributed by atoms with Gasteiger partial charge in [-0.25, -0.2) is 0 Å². The molecule has 5 nitrogen and oxygen atoms in total. The number of carbonyl (C=O) groups is 1. The number of aliphatic hydroxyl groups is 1. The van der Waals surface area contributed by atoms with E-state index < -0.39 is 11.4 Å². The van der Waals surface area contributed by atoms with Gasteiger partial charge >= 0.3 is 0 Å². The van der Waals surface area contributed by atoms with E-state index in [9.17, 15) is 4.79 Å². The third-order valence-electron chi connectivity index (χ3n) is 3.03. The first-order valence-corrected chi connectivity index (χ1v) is 6.37. The SMILES string of the molecule is CC(N)(CCCCOc1ccc(CO)cc1)C(N)=O. The molecule has 1 aromatic carbocycles. The molecule has 0 bridgehead atoms. The quantitative estimate of drug-likeness (QED) is 0.609. The molecule has 1 rings (SSSR count). The van der Waals surface area contributed by atoms with Gasteiger partial charge in [0.25, 0.3) is 0 Å². The van der Waals surface area contributed by atoms with Crippen LogP contribution in [0.15, 0.2) is 24.3 Å². The molecule has 1 amide bonds. The summed E-state index contributed by atoms with van der Waals surface area (Å²) >= 11 is 0. The zero-order valence-corrected chi connectivity index (χ0v) is 11.3. The number of rotatable bonds is 8. The van der Waals surface area contributed by atoms with Crippen LogP contribution in [-0.4, -0.2) is 23.2 Å². The Bertz CT molecular complexity index is 402. The van der Waals surface area contributed by atoms with Crippen molar-refractivity contribution in [2.75, 3.05) is 6.61 Å². The van der Waals surface area contributed by atoms with Crippen molar-refractivity contribution >= 4 is 5.91 Å². The second-order valence-corrected chi connectivity index (χ2v) is 4.89. The Balaban J connectivity index is 2.22. The maximum Gasteiger partial charge on any atom is 0.237 e. The number of amides is 1. The van der Waals surface area contributed by atoms with Crippen LogP contribution in [0.5, 0.6) is 5.75 Å². The van der Waals surface area contributed by atoms with Crippen molar-refractivity contribution in [2.45, 2.75) is 38.3 Å². The largest absolute Gasteiger partial charge is 0.494 e. The fraction of sp³-hybridized carbons (Fsp3) is 0.500. The first kappa shape index (κ1) is 15.5. The second kappa shape index (κ2) is 7.11. The van der Waals surface area contributed by atoms with E-state index in [0.29, 0.717) is 13.0 Å². The molecule has 5 heteroatoms. The van der Waals surface area contributed by atoms with Gasteiger partial charge in [-0.3, -0.25) is 4.79 Å². The molecule has 1 aromatic rings. The summed E-state index contributed by atoms with van der Waals surface area (Å²) in [5.74, 6) is 0.288. The minimum Gasteiger partial charge on any atom is -0.494 e. The number of nitrogens with two attached hydrogens (primary N) is 2. The second-order valence-electron chi connectivity index (χ2n) is 4.89. The highest BCUT2D eigenvalue weighted by Crippen LogP contribution is 2.14. The van der Waals surface area contributed by atoms with Crippen molar-refractivity contribution < 1.29 is 14.6 Å². The van der Waals surface area contributed by atoms with Gasteiger partial charge in [-0.15, -0.1) is 0 Å². The Hall–Kier alpha value is -1.59. The first-order valence-electron chi connectivity index (χ1n) is 6.37. The molecule has 0 radical (unpaired) electrons. The lowest BCUT2D eigenvalue weighted by molar-refractivity contribution is -0.122. The number of hydrogen-bond donors (Lipinski definition) is 3. The predicted molar refractivity (Wildman–Crippen MR) is 73.5 cm³/mol. The van der Waals surface area contributed by atoms with Gasteiger partial charge < -0.3 is 21.3 Å². The van der Waals surface area contributed by atoms with E-state index in [4.69, 9.17) is 21.3 Å². The Morgan fingerprint density at radius 1 is 1.32 bits per heavy atom. The zero-order chi connectivity index (χ0) is 14.3. The van der Waals surface area contributed by atoms with E-state index in [0.717, 1.165) is 24.2 Å². The third-order valence-corrected chi connectivity index (χ3v) is 3.03. The lowest BCUT2D eigenvalue weighted by atomic mass is 9.96. The van der Waals surface area contributed by atoms with Crippen molar-refractivity contribution in [2.24, 2.45) is 11.5 Å². The average molecular weight is 266 g/mol. The first-order chi connectivity index (χ1) is 8.95. The summed E-state index contributed by atoms with van der Waals surface area (Å²) in [5, 5.41) is 8.91. The standard InChI is InChI=1S/C14H22N2O3/c1-14(16,13(15)18)8-2-3-9-19-12-6-4-11(10-17)5-7-12/h4-7,17H,2-3,8-10,16H2,1H3,(H2,15,18). The number of hydrogen-bond acceptors (Lipinski definition) is 4. The number of ether oxygens (including phenoxy) is 1. The molecular weight excluding hydrogens is 244 g/mol. The van der Waals surface area contributed by atoms with Gasteiger partial charge in [-0.05, 0) is 43.9 Å². The number of benzene rings is 1. The van der Waals surface area contributed by atoms with E-state index in [1.165, 1.54) is 0 Å². The van der Waals surface area contributed by atoms with E-state index in [1.807, 2.05) is 24.3 Å². The van der Waals surface area contributed by atoms with Crippen LogP contribution in [0.3, 0.4) is 0 Å². The highest BCUT2D eigenvalue weighted by atomic mass is 16.5. The molecule has 0 saturated carbocycles. The van der Waals surface area contributed by atoms with Gasteiger partial charge in [0.1, 0.15) is 5.75 Å². The predicted octanol–water partition coefficient (Wildman–Crippen LogP) is 0.931. The third kappa shape index (κ3) is 5.28. The molecule has 1 atom stereocenters. The van der Waals surface area contributed by atoms with Crippen molar-refractivity contribution in [3.8, 4) is 5.75 Å². The molecule has 1 unspecified atom stereocenters. The average Bonchev–Trinajstić information content (AvgIpc) is 2.38. The topological polar surface area (TPSA) is 98.6 Å². The molecule has 106 valence electrons. The summed E-state index contributed by atoms with van der Waals surface area (Å²) in [6.45, 7) is 2.24.